The third-order valence-electron chi connectivity index (χ3n) is 2.93. The Morgan fingerprint density at radius 1 is 1.45 bits per heavy atom. The molecule has 0 unspecified atom stereocenters. The molecule has 0 aliphatic rings. The summed E-state index contributed by atoms with van der Waals surface area (Å²) in [6.45, 7) is 1.79. The van der Waals surface area contributed by atoms with Crippen molar-refractivity contribution in [3.05, 3.63) is 40.5 Å². The van der Waals surface area contributed by atoms with E-state index in [4.69, 9.17) is 17.3 Å². The Kier molecular flexibility index (Phi) is 4.03. The summed E-state index contributed by atoms with van der Waals surface area (Å²) in [5.74, 6) is -0.0106. The summed E-state index contributed by atoms with van der Waals surface area (Å²) in [6, 6.07) is 6.97. The quantitative estimate of drug-likeness (QED) is 0.893. The monoisotopic (exact) mass is 314 g/mol. The van der Waals surface area contributed by atoms with Crippen LogP contribution < -0.4 is 10.5 Å². The summed E-state index contributed by atoms with van der Waals surface area (Å²) >= 11 is 5.86. The fourth-order valence-electron chi connectivity index (χ4n) is 1.84. The number of hydrogen-bond donors (Lipinski definition) is 2. The number of sulfonamides is 1. The number of anilines is 1. The summed E-state index contributed by atoms with van der Waals surface area (Å²) in [4.78, 5) is 0.0158. The van der Waals surface area contributed by atoms with Crippen molar-refractivity contribution in [2.24, 2.45) is 7.05 Å². The van der Waals surface area contributed by atoms with Gasteiger partial charge in [0.1, 0.15) is 4.90 Å². The normalized spacial score (nSPS) is 11.8. The lowest BCUT2D eigenvalue weighted by Gasteiger charge is -2.07. The van der Waals surface area contributed by atoms with Gasteiger partial charge in [0.2, 0.25) is 10.0 Å². The van der Waals surface area contributed by atoms with E-state index in [0.717, 1.165) is 5.56 Å². The third-order valence-corrected chi connectivity index (χ3v) is 4.73. The number of hydrogen-bond acceptors (Lipinski definition) is 4. The number of benzene rings is 1. The number of aryl methyl sites for hydroxylation is 1. The van der Waals surface area contributed by atoms with E-state index in [1.54, 1.807) is 38.2 Å². The van der Waals surface area contributed by atoms with Crippen molar-refractivity contribution in [1.29, 1.82) is 0 Å². The van der Waals surface area contributed by atoms with Gasteiger partial charge < -0.3 is 5.73 Å². The molecule has 1 heterocycles. The second-order valence-corrected chi connectivity index (χ2v) is 6.52. The van der Waals surface area contributed by atoms with Crippen LogP contribution in [0.2, 0.25) is 5.02 Å². The molecule has 0 spiro atoms. The maximum absolute atomic E-state index is 12.3. The smallest absolute Gasteiger partial charge is 0.246 e. The van der Waals surface area contributed by atoms with Crippen molar-refractivity contribution in [1.82, 2.24) is 14.5 Å². The van der Waals surface area contributed by atoms with Gasteiger partial charge in [0.05, 0.1) is 5.69 Å². The highest BCUT2D eigenvalue weighted by atomic mass is 35.5. The highest BCUT2D eigenvalue weighted by Crippen LogP contribution is 2.21. The topological polar surface area (TPSA) is 90.0 Å². The van der Waals surface area contributed by atoms with Gasteiger partial charge in [-0.1, -0.05) is 23.7 Å². The zero-order valence-corrected chi connectivity index (χ0v) is 12.7. The number of nitrogens with zero attached hydrogens (tertiary/aromatic N) is 2. The lowest BCUT2D eigenvalue weighted by atomic mass is 10.2. The standard InChI is InChI=1S/C12H15ClN4O2S/c1-8-11(12(14)16-17(8)2)20(18,19)15-7-9-4-3-5-10(13)6-9/h3-6,15H,7H2,1-2H3,(H2,14,16). The van der Waals surface area contributed by atoms with E-state index in [0.29, 0.717) is 10.7 Å². The minimum absolute atomic E-state index is 0.0106. The van der Waals surface area contributed by atoms with Crippen LogP contribution in [0.1, 0.15) is 11.3 Å². The van der Waals surface area contributed by atoms with Crippen molar-refractivity contribution in [2.45, 2.75) is 18.4 Å². The van der Waals surface area contributed by atoms with Crippen LogP contribution in [0.5, 0.6) is 0 Å². The van der Waals surface area contributed by atoms with Crippen LogP contribution in [-0.4, -0.2) is 18.2 Å². The van der Waals surface area contributed by atoms with Gasteiger partial charge in [-0.2, -0.15) is 5.10 Å². The molecule has 2 aromatic rings. The van der Waals surface area contributed by atoms with E-state index >= 15 is 0 Å². The lowest BCUT2D eigenvalue weighted by Crippen LogP contribution is -2.24. The first kappa shape index (κ1) is 14.8. The Hall–Kier alpha value is -1.57. The predicted octanol–water partition coefficient (Wildman–Crippen LogP) is 1.44. The van der Waals surface area contributed by atoms with Crippen molar-refractivity contribution >= 4 is 27.4 Å². The molecule has 2 rings (SSSR count). The van der Waals surface area contributed by atoms with Gasteiger partial charge in [-0.3, -0.25) is 4.68 Å². The average Bonchev–Trinajstić information content (AvgIpc) is 2.61. The van der Waals surface area contributed by atoms with Gasteiger partial charge in [0.25, 0.3) is 0 Å². The molecule has 1 aromatic heterocycles. The second kappa shape index (κ2) is 5.43. The Balaban J connectivity index is 2.24. The predicted molar refractivity (Wildman–Crippen MR) is 77.8 cm³/mol. The molecule has 0 aliphatic carbocycles. The van der Waals surface area contributed by atoms with Gasteiger partial charge in [-0.25, -0.2) is 13.1 Å². The summed E-state index contributed by atoms with van der Waals surface area (Å²) in [7, 11) is -2.07. The summed E-state index contributed by atoms with van der Waals surface area (Å²) < 4.78 is 28.5. The number of aromatic nitrogens is 2. The van der Waals surface area contributed by atoms with Crippen LogP contribution in [-0.2, 0) is 23.6 Å². The van der Waals surface area contributed by atoms with Gasteiger partial charge in [0.15, 0.2) is 5.82 Å². The lowest BCUT2D eigenvalue weighted by molar-refractivity contribution is 0.580. The molecule has 0 atom stereocenters. The van der Waals surface area contributed by atoms with Crippen molar-refractivity contribution < 1.29 is 8.42 Å². The van der Waals surface area contributed by atoms with Crippen molar-refractivity contribution in [3.8, 4) is 0 Å². The van der Waals surface area contributed by atoms with Crippen LogP contribution in [0.4, 0.5) is 5.82 Å². The zero-order chi connectivity index (χ0) is 14.9. The van der Waals surface area contributed by atoms with E-state index in [-0.39, 0.29) is 17.3 Å². The molecule has 0 aliphatic heterocycles. The zero-order valence-electron chi connectivity index (χ0n) is 11.1. The Labute approximate surface area is 122 Å². The molecule has 20 heavy (non-hydrogen) atoms. The first-order valence-electron chi connectivity index (χ1n) is 5.84. The Morgan fingerprint density at radius 2 is 2.15 bits per heavy atom. The minimum Gasteiger partial charge on any atom is -0.381 e. The first-order chi connectivity index (χ1) is 9.31. The van der Waals surface area contributed by atoms with E-state index < -0.39 is 10.0 Å². The average molecular weight is 315 g/mol. The molecule has 8 heteroatoms. The molecule has 0 fully saturated rings. The molecule has 0 saturated carbocycles. The number of nitrogens with one attached hydrogen (secondary N) is 1. The molecule has 0 amide bonds. The highest BCUT2D eigenvalue weighted by Gasteiger charge is 2.24. The number of nitrogens with two attached hydrogens (primary N) is 1. The van der Waals surface area contributed by atoms with Gasteiger partial charge in [-0.15, -0.1) is 0 Å². The largest absolute Gasteiger partial charge is 0.381 e. The molecule has 0 bridgehead atoms. The summed E-state index contributed by atoms with van der Waals surface area (Å²) in [6.07, 6.45) is 0. The van der Waals surface area contributed by atoms with Crippen LogP contribution in [0.25, 0.3) is 0 Å². The molecular formula is C12H15ClN4O2S. The molecule has 3 N–H and O–H groups in total. The second-order valence-electron chi connectivity index (χ2n) is 4.38. The van der Waals surface area contributed by atoms with Crippen LogP contribution in [0, 0.1) is 6.92 Å². The van der Waals surface area contributed by atoms with Gasteiger partial charge >= 0.3 is 0 Å². The maximum Gasteiger partial charge on any atom is 0.246 e. The van der Waals surface area contributed by atoms with Crippen LogP contribution in [0.15, 0.2) is 29.2 Å². The van der Waals surface area contributed by atoms with Gasteiger partial charge in [0, 0.05) is 18.6 Å². The van der Waals surface area contributed by atoms with Crippen molar-refractivity contribution in [2.75, 3.05) is 5.73 Å². The van der Waals surface area contributed by atoms with E-state index in [1.807, 2.05) is 0 Å². The molecular weight excluding hydrogens is 300 g/mol. The minimum atomic E-state index is -3.71. The summed E-state index contributed by atoms with van der Waals surface area (Å²) in [5.41, 5.74) is 6.90. The van der Waals surface area contributed by atoms with Crippen LogP contribution in [0.3, 0.4) is 0 Å². The molecule has 0 saturated heterocycles. The molecule has 108 valence electrons. The summed E-state index contributed by atoms with van der Waals surface area (Å²) in [5, 5.41) is 4.45. The molecule has 1 aromatic carbocycles. The fourth-order valence-corrected chi connectivity index (χ4v) is 3.39. The number of halogens is 1. The molecule has 0 radical (unpaired) electrons. The molecule has 6 nitrogen and oxygen atoms in total. The fraction of sp³-hybridized carbons (Fsp3) is 0.250. The first-order valence-corrected chi connectivity index (χ1v) is 7.70. The number of nitrogen functional groups attached to an aromatic ring is 1. The van der Waals surface area contributed by atoms with E-state index in [2.05, 4.69) is 9.82 Å². The third kappa shape index (κ3) is 2.95. The van der Waals surface area contributed by atoms with E-state index in [9.17, 15) is 8.42 Å². The van der Waals surface area contributed by atoms with Crippen molar-refractivity contribution in [3.63, 3.8) is 0 Å². The SMILES string of the molecule is Cc1c(S(=O)(=O)NCc2cccc(Cl)c2)c(N)nn1C. The van der Waals surface area contributed by atoms with Crippen LogP contribution >= 0.6 is 11.6 Å². The van der Waals surface area contributed by atoms with E-state index in [1.165, 1.54) is 4.68 Å². The maximum atomic E-state index is 12.3. The number of rotatable bonds is 4. The Bertz CT molecular complexity index is 740. The Morgan fingerprint density at radius 3 is 2.70 bits per heavy atom. The highest BCUT2D eigenvalue weighted by molar-refractivity contribution is 7.89. The van der Waals surface area contributed by atoms with Gasteiger partial charge in [-0.05, 0) is 24.6 Å².